The first-order valence-corrected chi connectivity index (χ1v) is 10.4. The van der Waals surface area contributed by atoms with Crippen LogP contribution in [0, 0.1) is 6.92 Å². The molecule has 1 aromatic heterocycles. The Morgan fingerprint density at radius 3 is 2.47 bits per heavy atom. The molecular formula is C24H28N4O2. The normalized spacial score (nSPS) is 15.7. The molecule has 30 heavy (non-hydrogen) atoms. The molecule has 1 aliphatic heterocycles. The van der Waals surface area contributed by atoms with Crippen molar-refractivity contribution in [3.05, 3.63) is 83.6 Å². The predicted octanol–water partition coefficient (Wildman–Crippen LogP) is 3.80. The monoisotopic (exact) mass is 404 g/mol. The molecule has 1 amide bonds. The molecule has 1 atom stereocenters. The van der Waals surface area contributed by atoms with E-state index in [1.807, 2.05) is 37.3 Å². The number of nitrogens with zero attached hydrogens (tertiary/aromatic N) is 3. The molecule has 0 radical (unpaired) electrons. The van der Waals surface area contributed by atoms with Gasteiger partial charge in [-0.25, -0.2) is 4.98 Å². The van der Waals surface area contributed by atoms with Crippen LogP contribution in [0.1, 0.15) is 40.5 Å². The minimum atomic E-state index is -0.217. The Morgan fingerprint density at radius 2 is 1.77 bits per heavy atom. The first-order chi connectivity index (χ1) is 14.6. The van der Waals surface area contributed by atoms with E-state index in [4.69, 9.17) is 4.42 Å². The number of aryl methyl sites for hydroxylation is 1. The van der Waals surface area contributed by atoms with Crippen molar-refractivity contribution in [2.75, 3.05) is 31.1 Å². The highest BCUT2D eigenvalue weighted by atomic mass is 16.3. The van der Waals surface area contributed by atoms with Crippen LogP contribution in [-0.4, -0.2) is 42.0 Å². The average molecular weight is 405 g/mol. The Balaban J connectivity index is 1.28. The molecule has 6 heteroatoms. The number of oxazole rings is 1. The maximum absolute atomic E-state index is 12.5. The van der Waals surface area contributed by atoms with Crippen LogP contribution in [0.25, 0.3) is 0 Å². The Labute approximate surface area is 177 Å². The summed E-state index contributed by atoms with van der Waals surface area (Å²) in [4.78, 5) is 21.6. The van der Waals surface area contributed by atoms with Gasteiger partial charge in [-0.05, 0) is 31.5 Å². The zero-order valence-corrected chi connectivity index (χ0v) is 17.5. The number of nitrogens with one attached hydrogen (secondary N) is 1. The third kappa shape index (κ3) is 4.89. The van der Waals surface area contributed by atoms with E-state index in [2.05, 4.69) is 51.3 Å². The summed E-state index contributed by atoms with van der Waals surface area (Å²) >= 11 is 0. The van der Waals surface area contributed by atoms with Gasteiger partial charge < -0.3 is 14.6 Å². The minimum Gasteiger partial charge on any atom is -0.447 e. The second-order valence-corrected chi connectivity index (χ2v) is 7.83. The lowest BCUT2D eigenvalue weighted by Gasteiger charge is -2.35. The molecule has 0 saturated carbocycles. The number of benzene rings is 2. The van der Waals surface area contributed by atoms with Gasteiger partial charge in [0, 0.05) is 31.9 Å². The maximum Gasteiger partial charge on any atom is 0.273 e. The minimum absolute atomic E-state index is 0.0892. The fourth-order valence-electron chi connectivity index (χ4n) is 3.69. The molecule has 1 fully saturated rings. The number of anilines is 1. The Morgan fingerprint density at radius 1 is 1.07 bits per heavy atom. The highest BCUT2D eigenvalue weighted by Gasteiger charge is 2.20. The van der Waals surface area contributed by atoms with Gasteiger partial charge in [0.05, 0.1) is 12.6 Å². The summed E-state index contributed by atoms with van der Waals surface area (Å²) in [6.07, 6.45) is 1.45. The zero-order chi connectivity index (χ0) is 20.9. The van der Waals surface area contributed by atoms with E-state index in [1.165, 1.54) is 17.5 Å². The topological polar surface area (TPSA) is 61.6 Å². The molecule has 156 valence electrons. The number of amides is 1. The van der Waals surface area contributed by atoms with E-state index >= 15 is 0 Å². The molecule has 0 spiro atoms. The molecule has 1 saturated heterocycles. The summed E-state index contributed by atoms with van der Waals surface area (Å²) in [7, 11) is 0. The highest BCUT2D eigenvalue weighted by Crippen LogP contribution is 2.18. The predicted molar refractivity (Wildman–Crippen MR) is 117 cm³/mol. The van der Waals surface area contributed by atoms with Gasteiger partial charge in [0.15, 0.2) is 5.69 Å². The van der Waals surface area contributed by atoms with Crippen LogP contribution in [0.2, 0.25) is 0 Å². The summed E-state index contributed by atoms with van der Waals surface area (Å²) in [6, 6.07) is 18.5. The largest absolute Gasteiger partial charge is 0.447 e. The fraction of sp³-hybridized carbons (Fsp3) is 0.333. The molecule has 0 bridgehead atoms. The van der Waals surface area contributed by atoms with Crippen LogP contribution >= 0.6 is 0 Å². The summed E-state index contributed by atoms with van der Waals surface area (Å²) in [5.41, 5.74) is 3.93. The summed E-state index contributed by atoms with van der Waals surface area (Å²) in [5.74, 6) is 0.363. The average Bonchev–Trinajstić information content (AvgIpc) is 3.24. The van der Waals surface area contributed by atoms with Gasteiger partial charge in [0.1, 0.15) is 6.26 Å². The Hall–Kier alpha value is -3.12. The summed E-state index contributed by atoms with van der Waals surface area (Å²) in [6.45, 7) is 8.48. The van der Waals surface area contributed by atoms with Crippen molar-refractivity contribution in [1.29, 1.82) is 0 Å². The molecule has 2 aromatic carbocycles. The smallest absolute Gasteiger partial charge is 0.273 e. The quantitative estimate of drug-likeness (QED) is 0.677. The molecule has 2 heterocycles. The zero-order valence-electron chi connectivity index (χ0n) is 17.5. The van der Waals surface area contributed by atoms with Crippen LogP contribution < -0.4 is 10.2 Å². The van der Waals surface area contributed by atoms with Crippen molar-refractivity contribution < 1.29 is 9.21 Å². The van der Waals surface area contributed by atoms with E-state index in [0.717, 1.165) is 31.7 Å². The SMILES string of the molecule is Cc1ccc(N2CCN(Cc3nc(C(=O)N[C@H](C)c4ccccc4)co3)CC2)cc1. The van der Waals surface area contributed by atoms with Gasteiger partial charge in [0.2, 0.25) is 5.89 Å². The van der Waals surface area contributed by atoms with E-state index in [-0.39, 0.29) is 11.9 Å². The molecule has 3 aromatic rings. The highest BCUT2D eigenvalue weighted by molar-refractivity contribution is 5.92. The van der Waals surface area contributed by atoms with Crippen molar-refractivity contribution in [1.82, 2.24) is 15.2 Å². The molecule has 0 unspecified atom stereocenters. The lowest BCUT2D eigenvalue weighted by Crippen LogP contribution is -2.46. The van der Waals surface area contributed by atoms with Gasteiger partial charge >= 0.3 is 0 Å². The Kier molecular flexibility index (Phi) is 6.14. The number of carbonyl (C=O) groups is 1. The van der Waals surface area contributed by atoms with Crippen molar-refractivity contribution in [3.63, 3.8) is 0 Å². The molecule has 6 nitrogen and oxygen atoms in total. The van der Waals surface area contributed by atoms with E-state index in [1.54, 1.807) is 0 Å². The van der Waals surface area contributed by atoms with Gasteiger partial charge in [0.25, 0.3) is 5.91 Å². The van der Waals surface area contributed by atoms with Crippen LogP contribution in [0.4, 0.5) is 5.69 Å². The van der Waals surface area contributed by atoms with Crippen LogP contribution in [-0.2, 0) is 6.54 Å². The van der Waals surface area contributed by atoms with E-state index < -0.39 is 0 Å². The number of piperazine rings is 1. The first-order valence-electron chi connectivity index (χ1n) is 10.4. The standard InChI is InChI=1S/C24H28N4O2/c1-18-8-10-21(11-9-18)28-14-12-27(13-15-28)16-23-26-22(17-30-23)24(29)25-19(2)20-6-4-3-5-7-20/h3-11,17,19H,12-16H2,1-2H3,(H,25,29)/t19-/m1/s1. The number of aromatic nitrogens is 1. The van der Waals surface area contributed by atoms with E-state index in [9.17, 15) is 4.79 Å². The van der Waals surface area contributed by atoms with Crippen LogP contribution in [0.5, 0.6) is 0 Å². The van der Waals surface area contributed by atoms with Crippen LogP contribution in [0.15, 0.2) is 65.3 Å². The lowest BCUT2D eigenvalue weighted by atomic mass is 10.1. The van der Waals surface area contributed by atoms with Crippen molar-refractivity contribution in [3.8, 4) is 0 Å². The van der Waals surface area contributed by atoms with Gasteiger partial charge in [-0.1, -0.05) is 48.0 Å². The van der Waals surface area contributed by atoms with Crippen molar-refractivity contribution in [2.45, 2.75) is 26.4 Å². The number of rotatable bonds is 6. The number of carbonyl (C=O) groups excluding carboxylic acids is 1. The lowest BCUT2D eigenvalue weighted by molar-refractivity contribution is 0.0934. The van der Waals surface area contributed by atoms with Gasteiger partial charge in [-0.2, -0.15) is 0 Å². The molecule has 0 aliphatic carbocycles. The summed E-state index contributed by atoms with van der Waals surface area (Å²) < 4.78 is 5.57. The molecule has 1 N–H and O–H groups in total. The third-order valence-corrected chi connectivity index (χ3v) is 5.56. The number of hydrogen-bond donors (Lipinski definition) is 1. The van der Waals surface area contributed by atoms with Crippen LogP contribution in [0.3, 0.4) is 0 Å². The second kappa shape index (κ2) is 9.13. The third-order valence-electron chi connectivity index (χ3n) is 5.56. The van der Waals surface area contributed by atoms with Gasteiger partial charge in [-0.3, -0.25) is 9.69 Å². The maximum atomic E-state index is 12.5. The number of hydrogen-bond acceptors (Lipinski definition) is 5. The van der Waals surface area contributed by atoms with Crippen molar-refractivity contribution >= 4 is 11.6 Å². The first kappa shape index (κ1) is 20.2. The van der Waals surface area contributed by atoms with Crippen molar-refractivity contribution in [2.24, 2.45) is 0 Å². The fourth-order valence-corrected chi connectivity index (χ4v) is 3.69. The molecule has 4 rings (SSSR count). The van der Waals surface area contributed by atoms with Gasteiger partial charge in [-0.15, -0.1) is 0 Å². The Bertz CT molecular complexity index is 960. The molecule has 1 aliphatic rings. The molecular weight excluding hydrogens is 376 g/mol. The van der Waals surface area contributed by atoms with E-state index in [0.29, 0.717) is 18.1 Å². The summed E-state index contributed by atoms with van der Waals surface area (Å²) in [5, 5.41) is 2.98. The second-order valence-electron chi connectivity index (χ2n) is 7.83.